The van der Waals surface area contributed by atoms with Crippen LogP contribution in [-0.2, 0) is 4.79 Å². The summed E-state index contributed by atoms with van der Waals surface area (Å²) in [6.07, 6.45) is 2.79. The monoisotopic (exact) mass is 362 g/mol. The molecule has 2 saturated heterocycles. The van der Waals surface area contributed by atoms with Gasteiger partial charge in [0.25, 0.3) is 5.24 Å². The number of ether oxygens (including phenoxy) is 2. The van der Waals surface area contributed by atoms with Crippen LogP contribution in [0.25, 0.3) is 0 Å². The molecule has 0 N–H and O–H groups in total. The van der Waals surface area contributed by atoms with Crippen molar-refractivity contribution in [3.05, 3.63) is 23.8 Å². The molecule has 0 saturated carbocycles. The first-order chi connectivity index (χ1) is 12.2. The Morgan fingerprint density at radius 1 is 1.16 bits per heavy atom. The van der Waals surface area contributed by atoms with Gasteiger partial charge in [0.1, 0.15) is 6.54 Å². The second-order valence-electron chi connectivity index (χ2n) is 6.54. The number of hydrogen-bond acceptors (Lipinski definition) is 5. The number of carbonyl (C=O) groups is 2. The van der Waals surface area contributed by atoms with Gasteiger partial charge in [0.05, 0.1) is 19.3 Å². The number of likely N-dealkylation sites (tertiary alicyclic amines) is 1. The largest absolute Gasteiger partial charge is 0.490 e. The van der Waals surface area contributed by atoms with Gasteiger partial charge in [-0.05, 0) is 30.5 Å². The molecule has 4 rings (SSSR count). The van der Waals surface area contributed by atoms with E-state index in [1.807, 2.05) is 23.1 Å². The standard InChI is InChI=1S/C18H22N2O4S/c21-17(12-19-7-10-25-18(19)22)20-6-1-3-14(20)13-4-5-15-16(11-13)24-9-2-8-23-15/h4-5,11,14H,1-3,6-10,12H2. The van der Waals surface area contributed by atoms with Crippen LogP contribution in [-0.4, -0.2) is 59.5 Å². The van der Waals surface area contributed by atoms with Crippen LogP contribution in [0.2, 0.25) is 0 Å². The third kappa shape index (κ3) is 3.42. The summed E-state index contributed by atoms with van der Waals surface area (Å²) < 4.78 is 11.5. The molecule has 0 spiro atoms. The van der Waals surface area contributed by atoms with Crippen LogP contribution >= 0.6 is 11.8 Å². The van der Waals surface area contributed by atoms with Crippen LogP contribution in [0, 0.1) is 0 Å². The molecule has 3 aliphatic rings. The molecule has 0 aliphatic carbocycles. The minimum absolute atomic E-state index is 0.0136. The Labute approximate surface area is 151 Å². The van der Waals surface area contributed by atoms with Gasteiger partial charge in [-0.15, -0.1) is 0 Å². The SMILES string of the molecule is O=C1SCCN1CC(=O)N1CCCC1c1ccc2c(c1)OCCCO2. The fraction of sp³-hybridized carbons (Fsp3) is 0.556. The van der Waals surface area contributed by atoms with Crippen molar-refractivity contribution in [2.45, 2.75) is 25.3 Å². The molecule has 2 amide bonds. The Kier molecular flexibility index (Phi) is 4.74. The number of rotatable bonds is 3. The molecule has 3 heterocycles. The van der Waals surface area contributed by atoms with Crippen molar-refractivity contribution in [3.8, 4) is 11.5 Å². The van der Waals surface area contributed by atoms with Crippen LogP contribution < -0.4 is 9.47 Å². The lowest BCUT2D eigenvalue weighted by atomic mass is 10.0. The van der Waals surface area contributed by atoms with Crippen molar-refractivity contribution in [1.29, 1.82) is 0 Å². The minimum Gasteiger partial charge on any atom is -0.490 e. The van der Waals surface area contributed by atoms with E-state index in [0.29, 0.717) is 19.8 Å². The second-order valence-corrected chi connectivity index (χ2v) is 7.58. The summed E-state index contributed by atoms with van der Waals surface area (Å²) in [6, 6.07) is 6.03. The summed E-state index contributed by atoms with van der Waals surface area (Å²) in [5, 5.41) is 0.0136. The van der Waals surface area contributed by atoms with Gasteiger partial charge in [0.15, 0.2) is 11.5 Å². The molecule has 134 valence electrons. The third-order valence-corrected chi connectivity index (χ3v) is 5.79. The Morgan fingerprint density at radius 3 is 2.80 bits per heavy atom. The predicted octanol–water partition coefficient (Wildman–Crippen LogP) is 2.68. The van der Waals surface area contributed by atoms with E-state index in [1.165, 1.54) is 11.8 Å². The highest BCUT2D eigenvalue weighted by Gasteiger charge is 2.33. The Hall–Kier alpha value is -1.89. The molecule has 1 aromatic rings. The zero-order chi connectivity index (χ0) is 17.2. The van der Waals surface area contributed by atoms with Gasteiger partial charge < -0.3 is 19.3 Å². The number of hydrogen-bond donors (Lipinski definition) is 0. The van der Waals surface area contributed by atoms with Gasteiger partial charge in [-0.1, -0.05) is 17.8 Å². The maximum Gasteiger partial charge on any atom is 0.282 e. The minimum atomic E-state index is 0.0136. The van der Waals surface area contributed by atoms with E-state index in [1.54, 1.807) is 4.90 Å². The first-order valence-electron chi connectivity index (χ1n) is 8.83. The van der Waals surface area contributed by atoms with Crippen molar-refractivity contribution in [2.24, 2.45) is 0 Å². The zero-order valence-corrected chi connectivity index (χ0v) is 14.9. The summed E-state index contributed by atoms with van der Waals surface area (Å²) in [6.45, 7) is 2.92. The topological polar surface area (TPSA) is 59.1 Å². The van der Waals surface area contributed by atoms with Gasteiger partial charge in [-0.3, -0.25) is 9.59 Å². The Morgan fingerprint density at radius 2 is 2.00 bits per heavy atom. The van der Waals surface area contributed by atoms with E-state index in [-0.39, 0.29) is 23.7 Å². The molecule has 0 radical (unpaired) electrons. The van der Waals surface area contributed by atoms with E-state index in [0.717, 1.165) is 48.6 Å². The van der Waals surface area contributed by atoms with Crippen LogP contribution in [0.4, 0.5) is 4.79 Å². The molecule has 7 heteroatoms. The van der Waals surface area contributed by atoms with Crippen LogP contribution in [0.5, 0.6) is 11.5 Å². The molecule has 25 heavy (non-hydrogen) atoms. The molecule has 0 aromatic heterocycles. The molecular formula is C18H22N2O4S. The average molecular weight is 362 g/mol. The molecule has 3 aliphatic heterocycles. The van der Waals surface area contributed by atoms with Crippen LogP contribution in [0.3, 0.4) is 0 Å². The first kappa shape index (κ1) is 16.6. The third-order valence-electron chi connectivity index (χ3n) is 4.90. The Balaban J connectivity index is 1.50. The van der Waals surface area contributed by atoms with E-state index < -0.39 is 0 Å². The predicted molar refractivity (Wildman–Crippen MR) is 95.2 cm³/mol. The van der Waals surface area contributed by atoms with Crippen LogP contribution in [0.1, 0.15) is 30.9 Å². The summed E-state index contributed by atoms with van der Waals surface area (Å²) in [4.78, 5) is 28.1. The van der Waals surface area contributed by atoms with Gasteiger partial charge in [0.2, 0.25) is 5.91 Å². The van der Waals surface area contributed by atoms with Crippen molar-refractivity contribution in [1.82, 2.24) is 9.80 Å². The van der Waals surface area contributed by atoms with Gasteiger partial charge in [0, 0.05) is 25.3 Å². The number of carbonyl (C=O) groups excluding carboxylic acids is 2. The van der Waals surface area contributed by atoms with Gasteiger partial charge in [-0.2, -0.15) is 0 Å². The average Bonchev–Trinajstić information content (AvgIpc) is 3.18. The van der Waals surface area contributed by atoms with Gasteiger partial charge >= 0.3 is 0 Å². The maximum absolute atomic E-state index is 12.7. The van der Waals surface area contributed by atoms with Crippen LogP contribution in [0.15, 0.2) is 18.2 Å². The molecule has 1 unspecified atom stereocenters. The summed E-state index contributed by atoms with van der Waals surface area (Å²) in [7, 11) is 0. The summed E-state index contributed by atoms with van der Waals surface area (Å²) in [5.41, 5.74) is 1.08. The molecule has 2 fully saturated rings. The lowest BCUT2D eigenvalue weighted by Crippen LogP contribution is -2.40. The Bertz CT molecular complexity index is 681. The van der Waals surface area contributed by atoms with Crippen molar-refractivity contribution >= 4 is 22.9 Å². The van der Waals surface area contributed by atoms with E-state index >= 15 is 0 Å². The van der Waals surface area contributed by atoms with E-state index in [9.17, 15) is 9.59 Å². The highest BCUT2D eigenvalue weighted by atomic mass is 32.2. The number of nitrogens with zero attached hydrogens (tertiary/aromatic N) is 2. The van der Waals surface area contributed by atoms with Crippen molar-refractivity contribution < 1.29 is 19.1 Å². The van der Waals surface area contributed by atoms with E-state index in [2.05, 4.69) is 0 Å². The smallest absolute Gasteiger partial charge is 0.282 e. The number of thioether (sulfide) groups is 1. The van der Waals surface area contributed by atoms with Crippen molar-refractivity contribution in [2.75, 3.05) is 38.6 Å². The number of benzene rings is 1. The lowest BCUT2D eigenvalue weighted by Gasteiger charge is -2.27. The lowest BCUT2D eigenvalue weighted by molar-refractivity contribution is -0.132. The molecule has 1 aromatic carbocycles. The van der Waals surface area contributed by atoms with Gasteiger partial charge in [-0.25, -0.2) is 0 Å². The fourth-order valence-corrected chi connectivity index (χ4v) is 4.45. The molecule has 0 bridgehead atoms. The first-order valence-corrected chi connectivity index (χ1v) is 9.81. The fourth-order valence-electron chi connectivity index (χ4n) is 3.62. The number of fused-ring (bicyclic) bond motifs is 1. The number of amides is 2. The summed E-state index contributed by atoms with van der Waals surface area (Å²) in [5.74, 6) is 2.35. The highest BCUT2D eigenvalue weighted by molar-refractivity contribution is 8.13. The second kappa shape index (κ2) is 7.15. The molecule has 6 nitrogen and oxygen atoms in total. The molecular weight excluding hydrogens is 340 g/mol. The zero-order valence-electron chi connectivity index (χ0n) is 14.1. The maximum atomic E-state index is 12.7. The normalized spacial score (nSPS) is 23.0. The van der Waals surface area contributed by atoms with E-state index in [4.69, 9.17) is 9.47 Å². The van der Waals surface area contributed by atoms with Crippen molar-refractivity contribution in [3.63, 3.8) is 0 Å². The molecule has 1 atom stereocenters. The summed E-state index contributed by atoms with van der Waals surface area (Å²) >= 11 is 1.29. The highest BCUT2D eigenvalue weighted by Crippen LogP contribution is 2.38. The quantitative estimate of drug-likeness (QED) is 0.827.